The number of carbonyl (C=O) groups is 3. The zero-order valence-electron chi connectivity index (χ0n) is 22.6. The molecule has 10 nitrogen and oxygen atoms in total. The van der Waals surface area contributed by atoms with Crippen molar-refractivity contribution < 1.29 is 22.8 Å². The first kappa shape index (κ1) is 30.0. The van der Waals surface area contributed by atoms with Crippen molar-refractivity contribution in [3.63, 3.8) is 0 Å². The standard InChI is InChI=1S/C26H38ClN5O5S2/c1-19(2)25(34)30-14-12-29(13-15-30)17-20-5-3-11-32(20)24(33)18-31-10-4-6-22(26(31)35)28-39(36,37)16-9-21-7-8-23(27)38-21/h7-9,16,19-20,22,28H,3-6,10-15,17-18H2,1-2H3/t20-,22-/m0/s1. The molecular formula is C26H38ClN5O5S2. The first-order chi connectivity index (χ1) is 18.5. The Morgan fingerprint density at radius 2 is 1.82 bits per heavy atom. The number of piperazine rings is 1. The van der Waals surface area contributed by atoms with E-state index < -0.39 is 16.1 Å². The van der Waals surface area contributed by atoms with Crippen LogP contribution in [0.3, 0.4) is 0 Å². The molecular weight excluding hydrogens is 562 g/mol. The number of nitrogens with one attached hydrogen (secondary N) is 1. The summed E-state index contributed by atoms with van der Waals surface area (Å²) in [4.78, 5) is 46.9. The minimum atomic E-state index is -3.85. The maximum atomic E-state index is 13.3. The molecule has 0 aliphatic carbocycles. The Labute approximate surface area is 240 Å². The summed E-state index contributed by atoms with van der Waals surface area (Å²) in [6.45, 7) is 8.61. The van der Waals surface area contributed by atoms with Crippen LogP contribution in [0.15, 0.2) is 17.5 Å². The van der Waals surface area contributed by atoms with Gasteiger partial charge in [0, 0.05) is 68.1 Å². The lowest BCUT2D eigenvalue weighted by atomic mass is 10.1. The van der Waals surface area contributed by atoms with Crippen LogP contribution in [0.2, 0.25) is 4.34 Å². The normalized spacial score (nSPS) is 23.4. The zero-order valence-corrected chi connectivity index (χ0v) is 24.9. The molecule has 0 unspecified atom stereocenters. The van der Waals surface area contributed by atoms with E-state index in [0.29, 0.717) is 48.2 Å². The monoisotopic (exact) mass is 599 g/mol. The number of carbonyl (C=O) groups excluding carboxylic acids is 3. The molecule has 39 heavy (non-hydrogen) atoms. The minimum absolute atomic E-state index is 0.00536. The molecule has 3 aliphatic heterocycles. The summed E-state index contributed by atoms with van der Waals surface area (Å²) >= 11 is 7.15. The number of rotatable bonds is 9. The Hall–Kier alpha value is -1.99. The third-order valence-corrected chi connectivity index (χ3v) is 9.82. The van der Waals surface area contributed by atoms with Crippen LogP contribution in [0, 0.1) is 5.92 Å². The summed E-state index contributed by atoms with van der Waals surface area (Å²) in [5.74, 6) is -0.290. The third-order valence-electron chi connectivity index (χ3n) is 7.51. The van der Waals surface area contributed by atoms with Gasteiger partial charge in [-0.25, -0.2) is 8.42 Å². The second-order valence-corrected chi connectivity index (χ2v) is 14.1. The Kier molecular flexibility index (Phi) is 10.1. The fourth-order valence-electron chi connectivity index (χ4n) is 5.44. The summed E-state index contributed by atoms with van der Waals surface area (Å²) in [6.07, 6.45) is 4.27. The van der Waals surface area contributed by atoms with E-state index in [1.165, 1.54) is 22.3 Å². The predicted octanol–water partition coefficient (Wildman–Crippen LogP) is 2.07. The first-order valence-electron chi connectivity index (χ1n) is 13.6. The highest BCUT2D eigenvalue weighted by molar-refractivity contribution is 7.92. The van der Waals surface area contributed by atoms with Crippen molar-refractivity contribution in [3.05, 3.63) is 26.8 Å². The highest BCUT2D eigenvalue weighted by Gasteiger charge is 2.36. The summed E-state index contributed by atoms with van der Waals surface area (Å²) in [7, 11) is -3.85. The fraction of sp³-hybridized carbons (Fsp3) is 0.654. The van der Waals surface area contributed by atoms with Crippen molar-refractivity contribution in [2.75, 3.05) is 52.4 Å². The van der Waals surface area contributed by atoms with Gasteiger partial charge in [0.15, 0.2) is 0 Å². The van der Waals surface area contributed by atoms with Gasteiger partial charge in [0.2, 0.25) is 27.7 Å². The van der Waals surface area contributed by atoms with Crippen molar-refractivity contribution in [2.24, 2.45) is 5.92 Å². The molecule has 0 radical (unpaired) electrons. The van der Waals surface area contributed by atoms with Crippen LogP contribution in [0.1, 0.15) is 44.4 Å². The van der Waals surface area contributed by atoms with Crippen molar-refractivity contribution >= 4 is 56.8 Å². The number of piperidine rings is 1. The maximum absolute atomic E-state index is 13.3. The molecule has 1 aromatic rings. The Morgan fingerprint density at radius 3 is 2.49 bits per heavy atom. The van der Waals surface area contributed by atoms with Crippen molar-refractivity contribution in [1.29, 1.82) is 0 Å². The van der Waals surface area contributed by atoms with E-state index >= 15 is 0 Å². The number of amides is 3. The SMILES string of the molecule is CC(C)C(=O)N1CCN(C[C@@H]2CCCN2C(=O)CN2CCC[C@H](NS(=O)(=O)C=Cc3ccc(Cl)s3)C2=O)CC1. The molecule has 1 aromatic heterocycles. The number of thiophene rings is 1. The average Bonchev–Trinajstić information content (AvgIpc) is 3.54. The van der Waals surface area contributed by atoms with Gasteiger partial charge < -0.3 is 14.7 Å². The van der Waals surface area contributed by atoms with Crippen LogP contribution in [-0.4, -0.2) is 110 Å². The molecule has 3 amide bonds. The van der Waals surface area contributed by atoms with Crippen molar-refractivity contribution in [2.45, 2.75) is 51.6 Å². The average molecular weight is 600 g/mol. The second kappa shape index (κ2) is 13.1. The van der Waals surface area contributed by atoms with Crippen LogP contribution in [-0.2, 0) is 24.4 Å². The van der Waals surface area contributed by atoms with E-state index in [9.17, 15) is 22.8 Å². The van der Waals surface area contributed by atoms with Gasteiger partial charge in [0.05, 0.1) is 10.9 Å². The molecule has 1 N–H and O–H groups in total. The highest BCUT2D eigenvalue weighted by atomic mass is 35.5. The van der Waals surface area contributed by atoms with E-state index in [1.807, 2.05) is 23.6 Å². The minimum Gasteiger partial charge on any atom is -0.340 e. The van der Waals surface area contributed by atoms with E-state index in [0.717, 1.165) is 37.9 Å². The lowest BCUT2D eigenvalue weighted by Gasteiger charge is -2.38. The predicted molar refractivity (Wildman–Crippen MR) is 153 cm³/mol. The zero-order chi connectivity index (χ0) is 28.2. The molecule has 2 atom stereocenters. The van der Waals surface area contributed by atoms with Gasteiger partial charge in [0.1, 0.15) is 6.04 Å². The van der Waals surface area contributed by atoms with Gasteiger partial charge >= 0.3 is 0 Å². The van der Waals surface area contributed by atoms with E-state index in [1.54, 1.807) is 12.1 Å². The molecule has 3 fully saturated rings. The summed E-state index contributed by atoms with van der Waals surface area (Å²) < 4.78 is 28.2. The van der Waals surface area contributed by atoms with Crippen LogP contribution in [0.4, 0.5) is 0 Å². The number of halogens is 1. The maximum Gasteiger partial charge on any atom is 0.242 e. The molecule has 13 heteroatoms. The largest absolute Gasteiger partial charge is 0.340 e. The van der Waals surface area contributed by atoms with Gasteiger partial charge in [-0.1, -0.05) is 25.4 Å². The Morgan fingerprint density at radius 1 is 1.10 bits per heavy atom. The Bertz CT molecular complexity index is 1180. The summed E-state index contributed by atoms with van der Waals surface area (Å²) in [5, 5.41) is 1.04. The van der Waals surface area contributed by atoms with Crippen LogP contribution < -0.4 is 4.72 Å². The molecule has 3 aliphatic rings. The highest BCUT2D eigenvalue weighted by Crippen LogP contribution is 2.23. The lowest BCUT2D eigenvalue weighted by molar-refractivity contribution is -0.143. The molecule has 0 aromatic carbocycles. The van der Waals surface area contributed by atoms with Gasteiger partial charge in [-0.05, 0) is 43.9 Å². The number of hydrogen-bond acceptors (Lipinski definition) is 7. The molecule has 0 spiro atoms. The molecule has 4 heterocycles. The van der Waals surface area contributed by atoms with Crippen LogP contribution in [0.25, 0.3) is 6.08 Å². The first-order valence-corrected chi connectivity index (χ1v) is 16.3. The van der Waals surface area contributed by atoms with Gasteiger partial charge in [-0.3, -0.25) is 19.3 Å². The molecule has 3 saturated heterocycles. The third kappa shape index (κ3) is 8.03. The summed E-state index contributed by atoms with van der Waals surface area (Å²) in [6, 6.07) is 2.59. The van der Waals surface area contributed by atoms with Crippen LogP contribution >= 0.6 is 22.9 Å². The molecule has 0 bridgehead atoms. The van der Waals surface area contributed by atoms with Crippen LogP contribution in [0.5, 0.6) is 0 Å². The lowest BCUT2D eigenvalue weighted by Crippen LogP contribution is -2.56. The Balaban J connectivity index is 1.28. The van der Waals surface area contributed by atoms with Crippen molar-refractivity contribution in [3.8, 4) is 0 Å². The topological polar surface area (TPSA) is 110 Å². The van der Waals surface area contributed by atoms with Crippen molar-refractivity contribution in [1.82, 2.24) is 24.3 Å². The number of nitrogens with zero attached hydrogens (tertiary/aromatic N) is 4. The van der Waals surface area contributed by atoms with Gasteiger partial charge in [0.25, 0.3) is 0 Å². The summed E-state index contributed by atoms with van der Waals surface area (Å²) in [5.41, 5.74) is 0. The van der Waals surface area contributed by atoms with E-state index in [4.69, 9.17) is 11.6 Å². The number of sulfonamides is 1. The smallest absolute Gasteiger partial charge is 0.242 e. The fourth-order valence-corrected chi connectivity index (χ4v) is 7.51. The van der Waals surface area contributed by atoms with E-state index in [2.05, 4.69) is 9.62 Å². The van der Waals surface area contributed by atoms with E-state index in [-0.39, 0.29) is 36.2 Å². The second-order valence-electron chi connectivity index (χ2n) is 10.7. The number of hydrogen-bond donors (Lipinski definition) is 1. The molecule has 0 saturated carbocycles. The van der Waals surface area contributed by atoms with Gasteiger partial charge in [-0.2, -0.15) is 4.72 Å². The van der Waals surface area contributed by atoms with Gasteiger partial charge in [-0.15, -0.1) is 11.3 Å². The molecule has 216 valence electrons. The quantitative estimate of drug-likeness (QED) is 0.465. The number of likely N-dealkylation sites (tertiary alicyclic amines) is 2. The molecule has 4 rings (SSSR count).